The highest BCUT2D eigenvalue weighted by Gasteiger charge is 2.28. The van der Waals surface area contributed by atoms with Crippen LogP contribution in [0, 0.1) is 0 Å². The lowest BCUT2D eigenvalue weighted by molar-refractivity contribution is -0.0586. The van der Waals surface area contributed by atoms with Gasteiger partial charge in [-0.05, 0) is 46.8 Å². The summed E-state index contributed by atoms with van der Waals surface area (Å²) in [7, 11) is 0. The van der Waals surface area contributed by atoms with Gasteiger partial charge in [-0.15, -0.1) is 0 Å². The molecule has 1 heterocycles. The van der Waals surface area contributed by atoms with Crippen molar-refractivity contribution in [2.24, 2.45) is 0 Å². The minimum Gasteiger partial charge on any atom is -0.490 e. The Morgan fingerprint density at radius 1 is 1.00 bits per heavy atom. The smallest absolute Gasteiger partial charge is 0.254 e. The van der Waals surface area contributed by atoms with Crippen molar-refractivity contribution in [1.29, 1.82) is 0 Å². The summed E-state index contributed by atoms with van der Waals surface area (Å²) in [4.78, 5) is 14.8. The maximum absolute atomic E-state index is 13.0. The molecule has 1 aliphatic heterocycles. The van der Waals surface area contributed by atoms with Gasteiger partial charge in [-0.2, -0.15) is 0 Å². The predicted molar refractivity (Wildman–Crippen MR) is 95.9 cm³/mol. The number of hydrogen-bond donors (Lipinski definition) is 0. The minimum absolute atomic E-state index is 0.0214. The van der Waals surface area contributed by atoms with E-state index in [1.54, 1.807) is 12.1 Å². The number of carbonyl (C=O) groups is 1. The van der Waals surface area contributed by atoms with Crippen molar-refractivity contribution in [3.8, 4) is 17.2 Å². The lowest BCUT2D eigenvalue weighted by atomic mass is 10.1. The first-order valence-corrected chi connectivity index (χ1v) is 9.01. The maximum atomic E-state index is 13.0. The van der Waals surface area contributed by atoms with Crippen molar-refractivity contribution in [3.05, 3.63) is 17.7 Å². The Morgan fingerprint density at radius 3 is 1.92 bits per heavy atom. The Kier molecular flexibility index (Phi) is 6.93. The molecule has 25 heavy (non-hydrogen) atoms. The molecule has 0 aromatic heterocycles. The number of amides is 1. The normalized spacial score (nSPS) is 20.3. The quantitative estimate of drug-likeness (QED) is 0.755. The first kappa shape index (κ1) is 19.4. The zero-order chi connectivity index (χ0) is 18.4. The SMILES string of the molecule is CCOc1cc(C(=O)N2C[C@@H](C)O[C@@H](C)C2)cc(OCC)c1OCC. The van der Waals surface area contributed by atoms with Crippen LogP contribution >= 0.6 is 0 Å². The molecule has 1 aromatic carbocycles. The van der Waals surface area contributed by atoms with E-state index < -0.39 is 0 Å². The van der Waals surface area contributed by atoms with Crippen molar-refractivity contribution in [2.75, 3.05) is 32.9 Å². The van der Waals surface area contributed by atoms with E-state index in [4.69, 9.17) is 18.9 Å². The third-order valence-electron chi connectivity index (χ3n) is 3.86. The Hall–Kier alpha value is -1.95. The fourth-order valence-electron chi connectivity index (χ4n) is 3.04. The van der Waals surface area contributed by atoms with E-state index in [2.05, 4.69) is 0 Å². The lowest BCUT2D eigenvalue weighted by Crippen LogP contribution is -2.48. The molecule has 2 atom stereocenters. The van der Waals surface area contributed by atoms with E-state index in [0.29, 0.717) is 55.7 Å². The van der Waals surface area contributed by atoms with Gasteiger partial charge in [-0.25, -0.2) is 0 Å². The van der Waals surface area contributed by atoms with Gasteiger partial charge >= 0.3 is 0 Å². The Labute approximate surface area is 150 Å². The first-order chi connectivity index (χ1) is 12.0. The van der Waals surface area contributed by atoms with Crippen LogP contribution in [0.3, 0.4) is 0 Å². The summed E-state index contributed by atoms with van der Waals surface area (Å²) in [5.41, 5.74) is 0.539. The van der Waals surface area contributed by atoms with Gasteiger partial charge in [0.05, 0.1) is 32.0 Å². The van der Waals surface area contributed by atoms with E-state index in [1.807, 2.05) is 39.5 Å². The van der Waals surface area contributed by atoms with E-state index in [9.17, 15) is 4.79 Å². The van der Waals surface area contributed by atoms with Crippen LogP contribution in [0.1, 0.15) is 45.0 Å². The maximum Gasteiger partial charge on any atom is 0.254 e. The summed E-state index contributed by atoms with van der Waals surface area (Å²) < 4.78 is 22.8. The van der Waals surface area contributed by atoms with Crippen LogP contribution in [0.15, 0.2) is 12.1 Å². The molecule has 1 saturated heterocycles. The Bertz CT molecular complexity index is 552. The molecule has 2 rings (SSSR count). The molecule has 1 aromatic rings. The van der Waals surface area contributed by atoms with Gasteiger partial charge in [0, 0.05) is 18.7 Å². The Morgan fingerprint density at radius 2 is 1.48 bits per heavy atom. The lowest BCUT2D eigenvalue weighted by Gasteiger charge is -2.35. The van der Waals surface area contributed by atoms with Crippen LogP contribution < -0.4 is 14.2 Å². The highest BCUT2D eigenvalue weighted by molar-refractivity contribution is 5.95. The first-order valence-electron chi connectivity index (χ1n) is 9.01. The summed E-state index contributed by atoms with van der Waals surface area (Å²) in [6, 6.07) is 3.48. The summed E-state index contributed by atoms with van der Waals surface area (Å²) in [5, 5.41) is 0. The van der Waals surface area contributed by atoms with Crippen LogP contribution in [0.5, 0.6) is 17.2 Å². The van der Waals surface area contributed by atoms with Crippen molar-refractivity contribution in [1.82, 2.24) is 4.90 Å². The fourth-order valence-corrected chi connectivity index (χ4v) is 3.04. The third kappa shape index (κ3) is 4.78. The van der Waals surface area contributed by atoms with Gasteiger partial charge in [0.15, 0.2) is 11.5 Å². The van der Waals surface area contributed by atoms with Crippen LogP contribution in [-0.4, -0.2) is 55.9 Å². The standard InChI is InChI=1S/C19H29NO5/c1-6-22-16-9-15(10-17(23-7-2)18(16)24-8-3)19(21)20-11-13(4)25-14(5)12-20/h9-10,13-14H,6-8,11-12H2,1-5H3/t13-,14+. The number of hydrogen-bond acceptors (Lipinski definition) is 5. The molecular weight excluding hydrogens is 322 g/mol. The highest BCUT2D eigenvalue weighted by Crippen LogP contribution is 2.39. The third-order valence-corrected chi connectivity index (χ3v) is 3.86. The number of nitrogens with zero attached hydrogens (tertiary/aromatic N) is 1. The number of benzene rings is 1. The van der Waals surface area contributed by atoms with Gasteiger partial charge in [0.1, 0.15) is 0 Å². The molecule has 6 nitrogen and oxygen atoms in total. The van der Waals surface area contributed by atoms with E-state index in [1.165, 1.54) is 0 Å². The molecule has 0 spiro atoms. The predicted octanol–water partition coefficient (Wildman–Crippen LogP) is 3.13. The van der Waals surface area contributed by atoms with Gasteiger partial charge < -0.3 is 23.8 Å². The molecule has 0 bridgehead atoms. The summed E-state index contributed by atoms with van der Waals surface area (Å²) in [6.45, 7) is 12.3. The second-order valence-electron chi connectivity index (χ2n) is 6.07. The highest BCUT2D eigenvalue weighted by atomic mass is 16.5. The second-order valence-corrected chi connectivity index (χ2v) is 6.07. The fraction of sp³-hybridized carbons (Fsp3) is 0.632. The van der Waals surface area contributed by atoms with Gasteiger partial charge in [-0.3, -0.25) is 4.79 Å². The summed E-state index contributed by atoms with van der Waals surface area (Å²) in [5.74, 6) is 1.57. The van der Waals surface area contributed by atoms with Crippen LogP contribution in [0.4, 0.5) is 0 Å². The van der Waals surface area contributed by atoms with E-state index in [-0.39, 0.29) is 18.1 Å². The number of ether oxygens (including phenoxy) is 4. The molecule has 1 fully saturated rings. The van der Waals surface area contributed by atoms with Crippen molar-refractivity contribution >= 4 is 5.91 Å². The summed E-state index contributed by atoms with van der Waals surface area (Å²) in [6.07, 6.45) is 0.0428. The topological polar surface area (TPSA) is 57.2 Å². The van der Waals surface area contributed by atoms with Gasteiger partial charge in [0.25, 0.3) is 5.91 Å². The van der Waals surface area contributed by atoms with Crippen LogP contribution in [0.2, 0.25) is 0 Å². The summed E-state index contributed by atoms with van der Waals surface area (Å²) >= 11 is 0. The molecule has 0 unspecified atom stereocenters. The molecule has 1 amide bonds. The molecule has 140 valence electrons. The molecule has 0 saturated carbocycles. The molecule has 1 aliphatic rings. The van der Waals surface area contributed by atoms with Crippen LogP contribution in [0.25, 0.3) is 0 Å². The number of rotatable bonds is 7. The van der Waals surface area contributed by atoms with Crippen molar-refractivity contribution < 1.29 is 23.7 Å². The minimum atomic E-state index is -0.0491. The zero-order valence-corrected chi connectivity index (χ0v) is 15.8. The number of morpholine rings is 1. The Balaban J connectivity index is 2.37. The molecule has 0 N–H and O–H groups in total. The van der Waals surface area contributed by atoms with Crippen molar-refractivity contribution in [3.63, 3.8) is 0 Å². The van der Waals surface area contributed by atoms with Crippen LogP contribution in [-0.2, 0) is 4.74 Å². The van der Waals surface area contributed by atoms with Crippen molar-refractivity contribution in [2.45, 2.75) is 46.8 Å². The molecule has 6 heteroatoms. The second kappa shape index (κ2) is 8.94. The van der Waals surface area contributed by atoms with Gasteiger partial charge in [0.2, 0.25) is 5.75 Å². The van der Waals surface area contributed by atoms with Gasteiger partial charge in [-0.1, -0.05) is 0 Å². The average molecular weight is 351 g/mol. The van der Waals surface area contributed by atoms with E-state index in [0.717, 1.165) is 0 Å². The van der Waals surface area contributed by atoms with E-state index >= 15 is 0 Å². The molecule has 0 aliphatic carbocycles. The monoisotopic (exact) mass is 351 g/mol. The largest absolute Gasteiger partial charge is 0.490 e. The molecule has 0 radical (unpaired) electrons. The zero-order valence-electron chi connectivity index (χ0n) is 15.8. The average Bonchev–Trinajstić information content (AvgIpc) is 2.56. The molecular formula is C19H29NO5. The number of carbonyl (C=O) groups excluding carboxylic acids is 1.